The largest absolute Gasteiger partial charge is 0.327 e. The summed E-state index contributed by atoms with van der Waals surface area (Å²) in [5, 5.41) is 0. The first kappa shape index (κ1) is 16.2. The number of imidazole rings is 1. The summed E-state index contributed by atoms with van der Waals surface area (Å²) in [4.78, 5) is 36.0. The Bertz CT molecular complexity index is 1060. The number of pyridine rings is 1. The molecule has 0 radical (unpaired) electrons. The first-order valence-corrected chi connectivity index (χ1v) is 9.42. The molecule has 0 bridgehead atoms. The summed E-state index contributed by atoms with van der Waals surface area (Å²) in [7, 11) is 0. The van der Waals surface area contributed by atoms with E-state index < -0.39 is 0 Å². The molecule has 0 saturated heterocycles. The van der Waals surface area contributed by atoms with Crippen LogP contribution in [0.25, 0.3) is 11.0 Å². The standard InChI is InChI=1S/C21H20N4O2/c1-2-24(13-5-4-9-22-12-13)21(27)16-11-15(16)20-23-17-7-3-6-14-18(26)8-10-25(20)19(14)17/h3-7,9,12,15-16H,2,8,10-11H2,1H3. The van der Waals surface area contributed by atoms with Gasteiger partial charge in [-0.05, 0) is 37.6 Å². The maximum atomic E-state index is 13.1. The van der Waals surface area contributed by atoms with E-state index in [1.807, 2.05) is 37.3 Å². The zero-order valence-electron chi connectivity index (χ0n) is 15.1. The molecule has 1 saturated carbocycles. The number of hydrogen-bond donors (Lipinski definition) is 0. The second-order valence-electron chi connectivity index (χ2n) is 7.21. The summed E-state index contributed by atoms with van der Waals surface area (Å²) in [6, 6.07) is 9.47. The average Bonchev–Trinajstić information content (AvgIpc) is 3.41. The number of hydrogen-bond acceptors (Lipinski definition) is 4. The Morgan fingerprint density at radius 2 is 2.19 bits per heavy atom. The van der Waals surface area contributed by atoms with Crippen LogP contribution in [-0.2, 0) is 11.3 Å². The van der Waals surface area contributed by atoms with Gasteiger partial charge in [0.05, 0.1) is 22.9 Å². The van der Waals surface area contributed by atoms with Crippen molar-refractivity contribution in [3.63, 3.8) is 0 Å². The highest BCUT2D eigenvalue weighted by Crippen LogP contribution is 2.49. The van der Waals surface area contributed by atoms with Crippen LogP contribution < -0.4 is 4.90 Å². The number of aryl methyl sites for hydroxylation is 1. The van der Waals surface area contributed by atoms with Gasteiger partial charge in [0.1, 0.15) is 5.82 Å². The van der Waals surface area contributed by atoms with Crippen LogP contribution in [0.3, 0.4) is 0 Å². The highest BCUT2D eigenvalue weighted by atomic mass is 16.2. The Morgan fingerprint density at radius 3 is 2.96 bits per heavy atom. The highest BCUT2D eigenvalue weighted by molar-refractivity contribution is 6.07. The number of amides is 1. The molecule has 1 aliphatic heterocycles. The predicted molar refractivity (Wildman–Crippen MR) is 102 cm³/mol. The number of aromatic nitrogens is 3. The Kier molecular flexibility index (Phi) is 3.60. The van der Waals surface area contributed by atoms with Crippen molar-refractivity contribution in [3.05, 3.63) is 54.1 Å². The Hall–Kier alpha value is -3.02. The Balaban J connectivity index is 1.47. The lowest BCUT2D eigenvalue weighted by atomic mass is 10.0. The summed E-state index contributed by atoms with van der Waals surface area (Å²) in [5.74, 6) is 1.32. The molecule has 2 unspecified atom stereocenters. The van der Waals surface area contributed by atoms with Gasteiger partial charge in [-0.3, -0.25) is 14.6 Å². The molecule has 27 heavy (non-hydrogen) atoms. The monoisotopic (exact) mass is 360 g/mol. The van der Waals surface area contributed by atoms with E-state index >= 15 is 0 Å². The maximum absolute atomic E-state index is 13.1. The van der Waals surface area contributed by atoms with Crippen molar-refractivity contribution in [2.75, 3.05) is 11.4 Å². The lowest BCUT2D eigenvalue weighted by molar-refractivity contribution is -0.119. The number of Topliss-reactive ketones (excluding diaryl/α,β-unsaturated/α-hetero) is 1. The first-order chi connectivity index (χ1) is 13.2. The average molecular weight is 360 g/mol. The number of ketones is 1. The molecule has 6 nitrogen and oxygen atoms in total. The van der Waals surface area contributed by atoms with Gasteiger partial charge in [0, 0.05) is 43.1 Å². The SMILES string of the molecule is CCN(C(=O)C1CC1c1nc2cccc3c2n1CCC3=O)c1cccnc1. The summed E-state index contributed by atoms with van der Waals surface area (Å²) >= 11 is 0. The van der Waals surface area contributed by atoms with E-state index in [-0.39, 0.29) is 23.5 Å². The number of anilines is 1. The van der Waals surface area contributed by atoms with Crippen molar-refractivity contribution in [2.45, 2.75) is 32.2 Å². The predicted octanol–water partition coefficient (Wildman–Crippen LogP) is 3.17. The Labute approximate surface area is 156 Å². The molecule has 5 rings (SSSR count). The van der Waals surface area contributed by atoms with Gasteiger partial charge in [0.2, 0.25) is 5.91 Å². The van der Waals surface area contributed by atoms with Crippen molar-refractivity contribution >= 4 is 28.4 Å². The first-order valence-electron chi connectivity index (χ1n) is 9.42. The van der Waals surface area contributed by atoms with Crippen LogP contribution in [0.2, 0.25) is 0 Å². The molecular formula is C21H20N4O2. The van der Waals surface area contributed by atoms with E-state index in [4.69, 9.17) is 4.98 Å². The minimum Gasteiger partial charge on any atom is -0.327 e. The van der Waals surface area contributed by atoms with Crippen LogP contribution >= 0.6 is 0 Å². The van der Waals surface area contributed by atoms with Gasteiger partial charge in [0.15, 0.2) is 5.78 Å². The normalized spacial score (nSPS) is 20.7. The van der Waals surface area contributed by atoms with Gasteiger partial charge in [-0.2, -0.15) is 0 Å². The molecule has 1 fully saturated rings. The molecule has 1 aromatic carbocycles. The number of para-hydroxylation sites is 1. The zero-order chi connectivity index (χ0) is 18.5. The van der Waals surface area contributed by atoms with E-state index in [9.17, 15) is 9.59 Å². The van der Waals surface area contributed by atoms with E-state index in [0.29, 0.717) is 19.5 Å². The summed E-state index contributed by atoms with van der Waals surface area (Å²) in [5.41, 5.74) is 3.37. The summed E-state index contributed by atoms with van der Waals surface area (Å²) in [6.45, 7) is 3.25. The van der Waals surface area contributed by atoms with Crippen LogP contribution in [0.5, 0.6) is 0 Å². The molecule has 1 aliphatic carbocycles. The van der Waals surface area contributed by atoms with Crippen molar-refractivity contribution in [1.29, 1.82) is 0 Å². The topological polar surface area (TPSA) is 68.1 Å². The molecule has 3 heterocycles. The van der Waals surface area contributed by atoms with Crippen molar-refractivity contribution in [3.8, 4) is 0 Å². The fourth-order valence-corrected chi connectivity index (χ4v) is 4.22. The summed E-state index contributed by atoms with van der Waals surface area (Å²) < 4.78 is 2.16. The van der Waals surface area contributed by atoms with E-state index in [0.717, 1.165) is 34.5 Å². The third-order valence-electron chi connectivity index (χ3n) is 5.64. The van der Waals surface area contributed by atoms with Crippen molar-refractivity contribution in [2.24, 2.45) is 5.92 Å². The van der Waals surface area contributed by atoms with Crippen LogP contribution in [0.1, 0.15) is 41.9 Å². The molecule has 2 atom stereocenters. The minimum absolute atomic E-state index is 0.0562. The fourth-order valence-electron chi connectivity index (χ4n) is 4.22. The molecule has 0 spiro atoms. The number of rotatable bonds is 4. The lowest BCUT2D eigenvalue weighted by Crippen LogP contribution is -2.32. The number of carbonyl (C=O) groups excluding carboxylic acids is 2. The van der Waals surface area contributed by atoms with Crippen LogP contribution in [-0.4, -0.2) is 32.8 Å². The van der Waals surface area contributed by atoms with Gasteiger partial charge in [0.25, 0.3) is 0 Å². The third kappa shape index (κ3) is 2.47. The molecule has 3 aromatic rings. The van der Waals surface area contributed by atoms with E-state index in [1.54, 1.807) is 17.3 Å². The molecule has 1 amide bonds. The number of carbonyl (C=O) groups is 2. The van der Waals surface area contributed by atoms with Crippen LogP contribution in [0.15, 0.2) is 42.7 Å². The van der Waals surface area contributed by atoms with Crippen molar-refractivity contribution < 1.29 is 9.59 Å². The van der Waals surface area contributed by atoms with Crippen LogP contribution in [0.4, 0.5) is 5.69 Å². The van der Waals surface area contributed by atoms with Crippen molar-refractivity contribution in [1.82, 2.24) is 14.5 Å². The fraction of sp³-hybridized carbons (Fsp3) is 0.333. The molecule has 2 aromatic heterocycles. The van der Waals surface area contributed by atoms with Gasteiger partial charge >= 0.3 is 0 Å². The molecule has 0 N–H and O–H groups in total. The van der Waals surface area contributed by atoms with E-state index in [2.05, 4.69) is 9.55 Å². The van der Waals surface area contributed by atoms with E-state index in [1.165, 1.54) is 0 Å². The van der Waals surface area contributed by atoms with Gasteiger partial charge in [-0.25, -0.2) is 4.98 Å². The molecular weight excluding hydrogens is 340 g/mol. The Morgan fingerprint density at radius 1 is 1.30 bits per heavy atom. The van der Waals surface area contributed by atoms with Gasteiger partial charge in [-0.1, -0.05) is 6.07 Å². The highest BCUT2D eigenvalue weighted by Gasteiger charge is 2.49. The molecule has 2 aliphatic rings. The number of nitrogens with zero attached hydrogens (tertiary/aromatic N) is 4. The third-order valence-corrected chi connectivity index (χ3v) is 5.64. The second kappa shape index (κ2) is 6.01. The van der Waals surface area contributed by atoms with Gasteiger partial charge in [-0.15, -0.1) is 0 Å². The van der Waals surface area contributed by atoms with Crippen LogP contribution in [0, 0.1) is 5.92 Å². The maximum Gasteiger partial charge on any atom is 0.230 e. The molecule has 6 heteroatoms. The minimum atomic E-state index is -0.0562. The molecule has 136 valence electrons. The zero-order valence-corrected chi connectivity index (χ0v) is 15.1. The van der Waals surface area contributed by atoms with Gasteiger partial charge < -0.3 is 9.47 Å². The smallest absolute Gasteiger partial charge is 0.230 e. The summed E-state index contributed by atoms with van der Waals surface area (Å²) in [6.07, 6.45) is 4.74. The second-order valence-corrected chi connectivity index (χ2v) is 7.21. The number of benzene rings is 1. The lowest BCUT2D eigenvalue weighted by Gasteiger charge is -2.21. The quantitative estimate of drug-likeness (QED) is 0.717.